The molecular formula is C8H17N3O3Y-2. The summed E-state index contributed by atoms with van der Waals surface area (Å²) in [7, 11) is 1.21. The van der Waals surface area contributed by atoms with E-state index in [1.165, 1.54) is 7.11 Å². The molecule has 1 radical (unpaired) electrons. The molecule has 0 saturated heterocycles. The molecule has 87 valence electrons. The monoisotopic (exact) mass is 292 g/mol. The van der Waals surface area contributed by atoms with Crippen molar-refractivity contribution < 1.29 is 47.0 Å². The van der Waals surface area contributed by atoms with Gasteiger partial charge in [0.05, 0.1) is 19.6 Å². The summed E-state index contributed by atoms with van der Waals surface area (Å²) in [4.78, 5) is 22.3. The summed E-state index contributed by atoms with van der Waals surface area (Å²) in [5.41, 5.74) is 11.8. The Morgan fingerprint density at radius 1 is 1.47 bits per heavy atom. The number of nitrogens with one attached hydrogen (secondary N) is 1. The molecule has 7 heteroatoms. The molecule has 6 nitrogen and oxygen atoms in total. The molecule has 0 aromatic carbocycles. The standard InChI is InChI=1S/C6H13N3O3.C2H5.Y/c1-12-6(11)9(3-2-7)4-5(8)10;1-2;/h2-4,7H2,1H3,(H2,8,10);1H2,2H3;/q;-1;/p-1. The molecule has 0 saturated carbocycles. The molecule has 0 bridgehead atoms. The molecule has 0 aromatic rings. The first-order chi connectivity index (χ1) is 6.61. The number of carbonyl (C=O) groups excluding carboxylic acids is 2. The van der Waals surface area contributed by atoms with Crippen molar-refractivity contribution in [3.63, 3.8) is 0 Å². The van der Waals surface area contributed by atoms with Gasteiger partial charge in [-0.25, -0.2) is 4.79 Å². The molecule has 0 spiro atoms. The van der Waals surface area contributed by atoms with Crippen molar-refractivity contribution in [1.29, 1.82) is 0 Å². The van der Waals surface area contributed by atoms with Crippen molar-refractivity contribution >= 4 is 12.0 Å². The van der Waals surface area contributed by atoms with Gasteiger partial charge in [-0.3, -0.25) is 0 Å². The van der Waals surface area contributed by atoms with Crippen molar-refractivity contribution in [2.75, 3.05) is 26.7 Å². The fourth-order valence-electron chi connectivity index (χ4n) is 0.693. The van der Waals surface area contributed by atoms with Crippen LogP contribution >= 0.6 is 0 Å². The maximum absolute atomic E-state index is 10.8. The largest absolute Gasteiger partial charge is 0.666 e. The van der Waals surface area contributed by atoms with Crippen molar-refractivity contribution in [1.82, 2.24) is 4.90 Å². The molecule has 2 amide bonds. The van der Waals surface area contributed by atoms with Crippen LogP contribution in [0.15, 0.2) is 0 Å². The minimum absolute atomic E-state index is 0. The van der Waals surface area contributed by atoms with Crippen molar-refractivity contribution in [3.8, 4) is 0 Å². The number of amides is 2. The van der Waals surface area contributed by atoms with E-state index < -0.39 is 12.0 Å². The van der Waals surface area contributed by atoms with Gasteiger partial charge in [0.15, 0.2) is 0 Å². The number of nitrogens with two attached hydrogens (primary N) is 1. The van der Waals surface area contributed by atoms with Gasteiger partial charge in [-0.15, -0.1) is 0 Å². The number of hydrogen-bond acceptors (Lipinski definition) is 4. The van der Waals surface area contributed by atoms with Crippen LogP contribution in [0.4, 0.5) is 4.79 Å². The smallest absolute Gasteiger partial charge is 0.409 e. The topological polar surface area (TPSA) is 96.4 Å². The molecule has 15 heavy (non-hydrogen) atoms. The molecule has 0 heterocycles. The summed E-state index contributed by atoms with van der Waals surface area (Å²) in [6, 6.07) is 0. The van der Waals surface area contributed by atoms with Gasteiger partial charge >= 0.3 is 6.09 Å². The van der Waals surface area contributed by atoms with E-state index in [1.54, 1.807) is 6.92 Å². The number of methoxy groups -OCH3 is 1. The molecule has 3 N–H and O–H groups in total. The summed E-state index contributed by atoms with van der Waals surface area (Å²) in [5, 5.41) is 0. The molecule has 0 aliphatic heterocycles. The van der Waals surface area contributed by atoms with Gasteiger partial charge in [0.25, 0.3) is 0 Å². The third-order valence-electron chi connectivity index (χ3n) is 1.17. The van der Waals surface area contributed by atoms with Crippen LogP contribution in [0.3, 0.4) is 0 Å². The first kappa shape index (κ1) is 20.2. The minimum Gasteiger partial charge on any atom is -0.666 e. The van der Waals surface area contributed by atoms with Crippen molar-refractivity contribution in [3.05, 3.63) is 12.7 Å². The van der Waals surface area contributed by atoms with E-state index in [0.29, 0.717) is 0 Å². The van der Waals surface area contributed by atoms with E-state index in [4.69, 9.17) is 11.5 Å². The normalized spacial score (nSPS) is 7.73. The quantitative estimate of drug-likeness (QED) is 0.760. The molecular weight excluding hydrogens is 275 g/mol. The number of rotatable bonds is 4. The Balaban J connectivity index is -0.000000449. The second kappa shape index (κ2) is 13.8. The Kier molecular flexibility index (Phi) is 18.6. The fourth-order valence-corrected chi connectivity index (χ4v) is 0.693. The molecule has 0 aromatic heterocycles. The second-order valence-electron chi connectivity index (χ2n) is 2.10. The van der Waals surface area contributed by atoms with Gasteiger partial charge in [0.2, 0.25) is 0 Å². The van der Waals surface area contributed by atoms with Gasteiger partial charge in [-0.1, -0.05) is 0 Å². The van der Waals surface area contributed by atoms with Crippen LogP contribution in [0.2, 0.25) is 0 Å². The van der Waals surface area contributed by atoms with Crippen LogP contribution in [-0.4, -0.2) is 43.6 Å². The Morgan fingerprint density at radius 2 is 1.93 bits per heavy atom. The Labute approximate surface area is 116 Å². The van der Waals surface area contributed by atoms with Gasteiger partial charge in [0, 0.05) is 45.8 Å². The molecule has 0 aliphatic carbocycles. The minimum atomic E-state index is -0.839. The van der Waals surface area contributed by atoms with E-state index in [2.05, 4.69) is 11.7 Å². The fraction of sp³-hybridized carbons (Fsp3) is 0.625. The zero-order valence-corrected chi connectivity index (χ0v) is 12.0. The third kappa shape index (κ3) is 11.7. The maximum Gasteiger partial charge on any atom is 0.409 e. The molecule has 0 rings (SSSR count). The van der Waals surface area contributed by atoms with Crippen LogP contribution in [0.1, 0.15) is 6.92 Å². The van der Waals surface area contributed by atoms with E-state index in [1.807, 2.05) is 0 Å². The van der Waals surface area contributed by atoms with Crippen LogP contribution in [0.25, 0.3) is 5.73 Å². The van der Waals surface area contributed by atoms with E-state index in [0.717, 1.165) is 4.90 Å². The zero-order chi connectivity index (χ0) is 11.6. The maximum atomic E-state index is 10.8. The Hall–Kier alpha value is -0.196. The molecule has 0 atom stereocenters. The average Bonchev–Trinajstić information content (AvgIpc) is 2.18. The number of hydrogen-bond donors (Lipinski definition) is 1. The Bertz CT molecular complexity index is 179. The molecule has 0 fully saturated rings. The van der Waals surface area contributed by atoms with E-state index >= 15 is 0 Å². The SMILES string of the molecule is COC(=O)N(CCN)CC([NH-])=O.[CH2-]C.[Y]. The molecule has 0 unspecified atom stereocenters. The first-order valence-corrected chi connectivity index (χ1v) is 4.10. The number of carbonyl (C=O) groups is 2. The number of ether oxygens (including phenoxy) is 1. The summed E-state index contributed by atoms with van der Waals surface area (Å²) < 4.78 is 4.36. The van der Waals surface area contributed by atoms with Crippen molar-refractivity contribution in [2.24, 2.45) is 5.73 Å². The van der Waals surface area contributed by atoms with Crippen LogP contribution in [0, 0.1) is 6.92 Å². The van der Waals surface area contributed by atoms with Gasteiger partial charge in [-0.2, -0.15) is 6.92 Å². The van der Waals surface area contributed by atoms with Gasteiger partial charge in [0.1, 0.15) is 0 Å². The average molecular weight is 292 g/mol. The third-order valence-corrected chi connectivity index (χ3v) is 1.17. The second-order valence-corrected chi connectivity index (χ2v) is 2.10. The van der Waals surface area contributed by atoms with Crippen LogP contribution in [0.5, 0.6) is 0 Å². The predicted molar refractivity (Wildman–Crippen MR) is 53.4 cm³/mol. The summed E-state index contributed by atoms with van der Waals surface area (Å²) in [6.07, 6.45) is -0.638. The van der Waals surface area contributed by atoms with Gasteiger partial charge in [-0.05, 0) is 0 Å². The Morgan fingerprint density at radius 3 is 2.20 bits per heavy atom. The van der Waals surface area contributed by atoms with Crippen molar-refractivity contribution in [2.45, 2.75) is 6.92 Å². The molecule has 0 aliphatic rings. The van der Waals surface area contributed by atoms with Gasteiger partial charge < -0.3 is 32.8 Å². The van der Waals surface area contributed by atoms with E-state index in [9.17, 15) is 9.59 Å². The zero-order valence-electron chi connectivity index (χ0n) is 9.16. The first-order valence-electron chi connectivity index (χ1n) is 4.10. The summed E-state index contributed by atoms with van der Waals surface area (Å²) in [5.74, 6) is -0.839. The summed E-state index contributed by atoms with van der Waals surface area (Å²) >= 11 is 0. The van der Waals surface area contributed by atoms with E-state index in [-0.39, 0.29) is 52.3 Å². The predicted octanol–water partition coefficient (Wildman–Crippen LogP) is 0.430. The van der Waals surface area contributed by atoms with Crippen LogP contribution in [-0.2, 0) is 42.2 Å². The summed E-state index contributed by atoms with van der Waals surface area (Å²) in [6.45, 7) is 5.18. The number of nitrogens with zero attached hydrogens (tertiary/aromatic N) is 1. The van der Waals surface area contributed by atoms with Crippen LogP contribution < -0.4 is 5.73 Å².